The van der Waals surface area contributed by atoms with Crippen LogP contribution in [0.2, 0.25) is 10.0 Å². The maximum atomic E-state index is 13.4. The van der Waals surface area contributed by atoms with E-state index < -0.39 is 11.6 Å². The summed E-state index contributed by atoms with van der Waals surface area (Å²) >= 11 is 16.7. The van der Waals surface area contributed by atoms with Crippen LogP contribution in [-0.4, -0.2) is 5.11 Å². The molecule has 0 amide bonds. The first-order chi connectivity index (χ1) is 9.44. The first-order valence-corrected chi connectivity index (χ1v) is 6.59. The van der Waals surface area contributed by atoms with Gasteiger partial charge in [-0.15, -0.1) is 0 Å². The van der Waals surface area contributed by atoms with Gasteiger partial charge in [-0.2, -0.15) is 0 Å². The molecule has 0 atom stereocenters. The van der Waals surface area contributed by atoms with Crippen molar-refractivity contribution in [2.24, 2.45) is 0 Å². The molecule has 0 radical (unpaired) electrons. The second-order valence-corrected chi connectivity index (χ2v) is 5.14. The van der Waals surface area contributed by atoms with Crippen LogP contribution in [0, 0.1) is 11.6 Å². The molecule has 2 rings (SSSR count). The van der Waals surface area contributed by atoms with E-state index in [1.165, 1.54) is 0 Å². The first-order valence-electron chi connectivity index (χ1n) is 5.43. The normalized spacial score (nSPS) is 10.2. The van der Waals surface area contributed by atoms with E-state index in [2.05, 4.69) is 10.6 Å². The topological polar surface area (TPSA) is 24.1 Å². The molecule has 2 N–H and O–H groups in total. The average Bonchev–Trinajstić information content (AvgIpc) is 2.32. The zero-order chi connectivity index (χ0) is 14.7. The molecule has 2 aromatic rings. The average molecular weight is 333 g/mol. The van der Waals surface area contributed by atoms with Crippen molar-refractivity contribution in [2.75, 3.05) is 10.6 Å². The molecule has 0 heterocycles. The zero-order valence-electron chi connectivity index (χ0n) is 9.88. The summed E-state index contributed by atoms with van der Waals surface area (Å²) in [7, 11) is 0. The fourth-order valence-corrected chi connectivity index (χ4v) is 2.26. The monoisotopic (exact) mass is 332 g/mol. The molecule has 0 saturated carbocycles. The Hall–Kier alpha value is -1.43. The van der Waals surface area contributed by atoms with Gasteiger partial charge in [0.15, 0.2) is 5.11 Å². The molecule has 104 valence electrons. The molecule has 20 heavy (non-hydrogen) atoms. The molecule has 7 heteroatoms. The SMILES string of the molecule is Fc1ccc(F)c(NC(=S)Nc2cc(Cl)cc(Cl)c2)c1. The second-order valence-electron chi connectivity index (χ2n) is 3.86. The number of hydrogen-bond donors (Lipinski definition) is 2. The third-order valence-electron chi connectivity index (χ3n) is 2.30. The summed E-state index contributed by atoms with van der Waals surface area (Å²) in [6, 6.07) is 7.81. The van der Waals surface area contributed by atoms with Crippen LogP contribution in [0.5, 0.6) is 0 Å². The quantitative estimate of drug-likeness (QED) is 0.750. The van der Waals surface area contributed by atoms with Gasteiger partial charge in [-0.1, -0.05) is 23.2 Å². The van der Waals surface area contributed by atoms with Crippen molar-refractivity contribution in [1.29, 1.82) is 0 Å². The molecule has 0 aliphatic rings. The summed E-state index contributed by atoms with van der Waals surface area (Å²) < 4.78 is 26.5. The number of benzene rings is 2. The Labute approximate surface area is 129 Å². The number of hydrogen-bond acceptors (Lipinski definition) is 1. The molecular formula is C13H8Cl2F2N2S. The van der Waals surface area contributed by atoms with Gasteiger partial charge in [0.2, 0.25) is 0 Å². The predicted molar refractivity (Wildman–Crippen MR) is 82.7 cm³/mol. The van der Waals surface area contributed by atoms with E-state index in [0.29, 0.717) is 15.7 Å². The van der Waals surface area contributed by atoms with E-state index in [9.17, 15) is 8.78 Å². The van der Waals surface area contributed by atoms with Crippen LogP contribution >= 0.6 is 35.4 Å². The highest BCUT2D eigenvalue weighted by atomic mass is 35.5. The maximum Gasteiger partial charge on any atom is 0.175 e. The highest BCUT2D eigenvalue weighted by molar-refractivity contribution is 7.80. The van der Waals surface area contributed by atoms with Gasteiger partial charge >= 0.3 is 0 Å². The van der Waals surface area contributed by atoms with Gasteiger partial charge in [0.1, 0.15) is 11.6 Å². The van der Waals surface area contributed by atoms with Crippen molar-refractivity contribution in [1.82, 2.24) is 0 Å². The van der Waals surface area contributed by atoms with Gasteiger partial charge in [0.05, 0.1) is 5.69 Å². The standard InChI is InChI=1S/C13H8Cl2F2N2S/c14-7-3-8(15)5-10(4-7)18-13(20)19-12-6-9(16)1-2-11(12)17/h1-6H,(H2,18,19,20). The highest BCUT2D eigenvalue weighted by Gasteiger charge is 2.06. The van der Waals surface area contributed by atoms with E-state index in [1.807, 2.05) is 0 Å². The molecule has 2 nitrogen and oxygen atoms in total. The predicted octanol–water partition coefficient (Wildman–Crippen LogP) is 5.08. The Bertz CT molecular complexity index is 645. The molecule has 0 bridgehead atoms. The van der Waals surface area contributed by atoms with Gasteiger partial charge in [0, 0.05) is 21.8 Å². The summed E-state index contributed by atoms with van der Waals surface area (Å²) in [5, 5.41) is 6.29. The number of nitrogens with one attached hydrogen (secondary N) is 2. The zero-order valence-corrected chi connectivity index (χ0v) is 12.2. The summed E-state index contributed by atoms with van der Waals surface area (Å²) in [5.41, 5.74) is 0.479. The number of halogens is 4. The van der Waals surface area contributed by atoms with Crippen LogP contribution in [0.4, 0.5) is 20.2 Å². The fourth-order valence-electron chi connectivity index (χ4n) is 1.50. The lowest BCUT2D eigenvalue weighted by Crippen LogP contribution is -2.19. The molecule has 0 saturated heterocycles. The van der Waals surface area contributed by atoms with Crippen LogP contribution in [0.1, 0.15) is 0 Å². The van der Waals surface area contributed by atoms with Crippen molar-refractivity contribution in [3.63, 3.8) is 0 Å². The van der Waals surface area contributed by atoms with E-state index in [0.717, 1.165) is 18.2 Å². The molecule has 2 aromatic carbocycles. The van der Waals surface area contributed by atoms with Crippen molar-refractivity contribution >= 4 is 51.9 Å². The minimum absolute atomic E-state index is 0.0596. The van der Waals surface area contributed by atoms with E-state index in [1.54, 1.807) is 18.2 Å². The largest absolute Gasteiger partial charge is 0.332 e. The Morgan fingerprint density at radius 1 is 0.950 bits per heavy atom. The van der Waals surface area contributed by atoms with Crippen molar-refractivity contribution in [2.45, 2.75) is 0 Å². The van der Waals surface area contributed by atoms with Gasteiger partial charge in [-0.05, 0) is 42.5 Å². The molecule has 0 spiro atoms. The van der Waals surface area contributed by atoms with E-state index >= 15 is 0 Å². The lowest BCUT2D eigenvalue weighted by atomic mass is 10.3. The molecule has 0 fully saturated rings. The smallest absolute Gasteiger partial charge is 0.175 e. The van der Waals surface area contributed by atoms with E-state index in [-0.39, 0.29) is 10.8 Å². The lowest BCUT2D eigenvalue weighted by Gasteiger charge is -2.11. The third kappa shape index (κ3) is 4.03. The third-order valence-corrected chi connectivity index (χ3v) is 2.94. The summed E-state index contributed by atoms with van der Waals surface area (Å²) in [6.45, 7) is 0. The number of thiocarbonyl (C=S) groups is 1. The van der Waals surface area contributed by atoms with Crippen LogP contribution in [0.3, 0.4) is 0 Å². The molecular weight excluding hydrogens is 325 g/mol. The van der Waals surface area contributed by atoms with Crippen LogP contribution in [0.25, 0.3) is 0 Å². The first kappa shape index (κ1) is 15.0. The summed E-state index contributed by atoms with van der Waals surface area (Å²) in [5.74, 6) is -1.18. The van der Waals surface area contributed by atoms with Crippen molar-refractivity contribution in [3.8, 4) is 0 Å². The Balaban J connectivity index is 2.11. The van der Waals surface area contributed by atoms with E-state index in [4.69, 9.17) is 35.4 Å². The van der Waals surface area contributed by atoms with Crippen molar-refractivity contribution in [3.05, 3.63) is 58.1 Å². The molecule has 0 aliphatic carbocycles. The lowest BCUT2D eigenvalue weighted by molar-refractivity contribution is 0.604. The summed E-state index contributed by atoms with van der Waals surface area (Å²) in [4.78, 5) is 0. The second kappa shape index (κ2) is 6.35. The highest BCUT2D eigenvalue weighted by Crippen LogP contribution is 2.23. The van der Waals surface area contributed by atoms with Gasteiger partial charge in [0.25, 0.3) is 0 Å². The molecule has 0 unspecified atom stereocenters. The Morgan fingerprint density at radius 2 is 1.60 bits per heavy atom. The minimum Gasteiger partial charge on any atom is -0.332 e. The maximum absolute atomic E-state index is 13.4. The molecule has 0 aliphatic heterocycles. The van der Waals surface area contributed by atoms with Gasteiger partial charge < -0.3 is 10.6 Å². The van der Waals surface area contributed by atoms with Crippen LogP contribution in [0.15, 0.2) is 36.4 Å². The Kier molecular flexibility index (Phi) is 4.75. The minimum atomic E-state index is -0.611. The Morgan fingerprint density at radius 3 is 2.25 bits per heavy atom. The summed E-state index contributed by atoms with van der Waals surface area (Å²) in [6.07, 6.45) is 0. The fraction of sp³-hybridized carbons (Fsp3) is 0. The van der Waals surface area contributed by atoms with Gasteiger partial charge in [-0.3, -0.25) is 0 Å². The van der Waals surface area contributed by atoms with Crippen LogP contribution < -0.4 is 10.6 Å². The number of anilines is 2. The van der Waals surface area contributed by atoms with Crippen LogP contribution in [-0.2, 0) is 0 Å². The molecule has 0 aromatic heterocycles. The number of rotatable bonds is 2. The van der Waals surface area contributed by atoms with Crippen molar-refractivity contribution < 1.29 is 8.78 Å². The van der Waals surface area contributed by atoms with Gasteiger partial charge in [-0.25, -0.2) is 8.78 Å².